The predicted molar refractivity (Wildman–Crippen MR) is 109 cm³/mol. The van der Waals surface area contributed by atoms with Gasteiger partial charge in [0.05, 0.1) is 18.4 Å². The molecule has 1 aromatic carbocycles. The highest BCUT2D eigenvalue weighted by Crippen LogP contribution is 2.26. The van der Waals surface area contributed by atoms with Crippen molar-refractivity contribution in [3.63, 3.8) is 0 Å². The average Bonchev–Trinajstić information content (AvgIpc) is 3.34. The van der Waals surface area contributed by atoms with Crippen LogP contribution in [0.4, 0.5) is 15.9 Å². The topological polar surface area (TPSA) is 134 Å². The maximum atomic E-state index is 14.1. The molecule has 0 aliphatic heterocycles. The van der Waals surface area contributed by atoms with Gasteiger partial charge in [-0.3, -0.25) is 4.68 Å². The minimum Gasteiger partial charge on any atom is -0.382 e. The molecule has 146 valence electrons. The summed E-state index contributed by atoms with van der Waals surface area (Å²) < 4.78 is 20.7. The first kappa shape index (κ1) is 18.5. The van der Waals surface area contributed by atoms with E-state index in [4.69, 9.17) is 28.2 Å². The Morgan fingerprint density at radius 3 is 2.76 bits per heavy atom. The van der Waals surface area contributed by atoms with Gasteiger partial charge in [0.1, 0.15) is 29.2 Å². The van der Waals surface area contributed by atoms with Crippen LogP contribution in [0.1, 0.15) is 5.56 Å². The molecule has 4 rings (SSSR count). The summed E-state index contributed by atoms with van der Waals surface area (Å²) in [4.78, 5) is 8.51. The van der Waals surface area contributed by atoms with E-state index in [2.05, 4.69) is 25.5 Å². The van der Waals surface area contributed by atoms with Crippen molar-refractivity contribution in [3.05, 3.63) is 60.2 Å². The molecule has 9 nitrogen and oxygen atoms in total. The molecular formula is C18H15FN8OS. The van der Waals surface area contributed by atoms with Crippen LogP contribution in [0, 0.1) is 5.82 Å². The Labute approximate surface area is 169 Å². The fraction of sp³-hybridized carbons (Fsp3) is 0.0556. The zero-order chi connectivity index (χ0) is 20.4. The quantitative estimate of drug-likeness (QED) is 0.424. The number of nitrogens with two attached hydrogens (primary N) is 2. The van der Waals surface area contributed by atoms with Gasteiger partial charge in [0.15, 0.2) is 16.8 Å². The van der Waals surface area contributed by atoms with Gasteiger partial charge in [0.2, 0.25) is 0 Å². The van der Waals surface area contributed by atoms with Gasteiger partial charge < -0.3 is 21.3 Å². The van der Waals surface area contributed by atoms with Crippen LogP contribution < -0.4 is 16.8 Å². The molecule has 4 aromatic rings. The Hall–Kier alpha value is -3.86. The van der Waals surface area contributed by atoms with Crippen molar-refractivity contribution in [1.29, 1.82) is 0 Å². The number of thiocarbonyl (C=S) groups is 1. The van der Waals surface area contributed by atoms with Crippen LogP contribution in [0.3, 0.4) is 0 Å². The number of halogens is 1. The molecule has 3 heterocycles. The smallest absolute Gasteiger partial charge is 0.182 e. The molecule has 0 atom stereocenters. The maximum absolute atomic E-state index is 14.1. The highest BCUT2D eigenvalue weighted by Gasteiger charge is 2.17. The monoisotopic (exact) mass is 410 g/mol. The van der Waals surface area contributed by atoms with Crippen LogP contribution in [0.25, 0.3) is 22.9 Å². The minimum absolute atomic E-state index is 0.0514. The minimum atomic E-state index is -0.329. The number of nitrogens with one attached hydrogen (secondary N) is 1. The number of aromatic nitrogens is 5. The summed E-state index contributed by atoms with van der Waals surface area (Å²) in [6.07, 6.45) is 2.91. The third-order valence-electron chi connectivity index (χ3n) is 4.06. The van der Waals surface area contributed by atoms with Crippen molar-refractivity contribution >= 4 is 28.8 Å². The Balaban J connectivity index is 1.75. The second-order valence-corrected chi connectivity index (χ2v) is 6.47. The lowest BCUT2D eigenvalue weighted by Crippen LogP contribution is -2.20. The highest BCUT2D eigenvalue weighted by molar-refractivity contribution is 7.80. The summed E-state index contributed by atoms with van der Waals surface area (Å²) in [5, 5.41) is 11.2. The van der Waals surface area contributed by atoms with E-state index in [-0.39, 0.29) is 29.1 Å². The lowest BCUT2D eigenvalue weighted by molar-refractivity contribution is 0.421. The number of nitrogen functional groups attached to an aromatic ring is 1. The summed E-state index contributed by atoms with van der Waals surface area (Å²) >= 11 is 4.80. The average molecular weight is 410 g/mol. The highest BCUT2D eigenvalue weighted by atomic mass is 32.1. The van der Waals surface area contributed by atoms with Gasteiger partial charge in [-0.2, -0.15) is 5.10 Å². The van der Waals surface area contributed by atoms with Crippen molar-refractivity contribution in [1.82, 2.24) is 24.9 Å². The van der Waals surface area contributed by atoms with E-state index >= 15 is 0 Å². The molecule has 0 saturated heterocycles. The maximum Gasteiger partial charge on any atom is 0.182 e. The van der Waals surface area contributed by atoms with Crippen LogP contribution in [-0.4, -0.2) is 30.0 Å². The van der Waals surface area contributed by atoms with Gasteiger partial charge in [-0.15, -0.1) is 0 Å². The molecule has 0 fully saturated rings. The van der Waals surface area contributed by atoms with Gasteiger partial charge >= 0.3 is 0 Å². The molecular weight excluding hydrogens is 395 g/mol. The van der Waals surface area contributed by atoms with Gasteiger partial charge in [-0.1, -0.05) is 23.4 Å². The predicted octanol–water partition coefficient (Wildman–Crippen LogP) is 2.42. The lowest BCUT2D eigenvalue weighted by atomic mass is 10.2. The van der Waals surface area contributed by atoms with E-state index in [1.807, 2.05) is 0 Å². The van der Waals surface area contributed by atoms with E-state index in [9.17, 15) is 4.39 Å². The Morgan fingerprint density at radius 1 is 1.24 bits per heavy atom. The normalized spacial score (nSPS) is 10.8. The fourth-order valence-electron chi connectivity index (χ4n) is 2.73. The first-order chi connectivity index (χ1) is 14.0. The molecule has 0 aliphatic carbocycles. The third-order valence-corrected chi connectivity index (χ3v) is 4.17. The molecule has 3 aromatic heterocycles. The fourth-order valence-corrected chi connectivity index (χ4v) is 2.84. The molecule has 0 aliphatic rings. The second-order valence-electron chi connectivity index (χ2n) is 6.03. The summed E-state index contributed by atoms with van der Waals surface area (Å²) in [6.45, 7) is 0.186. The van der Waals surface area contributed by atoms with Gasteiger partial charge in [0, 0.05) is 11.6 Å². The largest absolute Gasteiger partial charge is 0.382 e. The first-order valence-corrected chi connectivity index (χ1v) is 8.83. The molecule has 0 spiro atoms. The molecule has 0 amide bonds. The summed E-state index contributed by atoms with van der Waals surface area (Å²) in [5.74, 6) is 0.117. The van der Waals surface area contributed by atoms with E-state index in [0.717, 1.165) is 0 Å². The molecule has 0 radical (unpaired) electrons. The Bertz CT molecular complexity index is 1170. The number of hydrogen-bond donors (Lipinski definition) is 3. The molecule has 0 saturated carbocycles. The van der Waals surface area contributed by atoms with E-state index in [1.165, 1.54) is 18.5 Å². The van der Waals surface area contributed by atoms with E-state index in [0.29, 0.717) is 28.3 Å². The molecule has 29 heavy (non-hydrogen) atoms. The van der Waals surface area contributed by atoms with Gasteiger partial charge in [0.25, 0.3) is 0 Å². The van der Waals surface area contributed by atoms with Gasteiger partial charge in [-0.05, 0) is 24.4 Å². The molecule has 0 unspecified atom stereocenters. The Morgan fingerprint density at radius 2 is 2.07 bits per heavy atom. The Kier molecular flexibility index (Phi) is 4.87. The van der Waals surface area contributed by atoms with Crippen molar-refractivity contribution < 1.29 is 8.91 Å². The third kappa shape index (κ3) is 3.89. The van der Waals surface area contributed by atoms with Crippen LogP contribution in [0.2, 0.25) is 0 Å². The zero-order valence-electron chi connectivity index (χ0n) is 14.9. The summed E-state index contributed by atoms with van der Waals surface area (Å²) in [6, 6.07) is 9.89. The standard InChI is InChI=1S/C18H15FN8OS/c19-11-4-2-1-3-10(11)9-27-15(12-5-6-28-26-12)7-13(25-27)17-22-8-14(16(20)24-17)23-18(21)29/h1-8H,9H2,(H2,20,22,24)(H3,21,23,29). The van der Waals surface area contributed by atoms with Gasteiger partial charge in [-0.25, -0.2) is 14.4 Å². The van der Waals surface area contributed by atoms with E-state index in [1.54, 1.807) is 35.0 Å². The van der Waals surface area contributed by atoms with Crippen molar-refractivity contribution in [3.8, 4) is 22.9 Å². The molecule has 0 bridgehead atoms. The van der Waals surface area contributed by atoms with Crippen LogP contribution in [-0.2, 0) is 6.54 Å². The first-order valence-electron chi connectivity index (χ1n) is 8.42. The summed E-state index contributed by atoms with van der Waals surface area (Å²) in [5.41, 5.74) is 13.9. The number of rotatable bonds is 5. The number of benzene rings is 1. The zero-order valence-corrected chi connectivity index (χ0v) is 15.7. The van der Waals surface area contributed by atoms with Crippen LogP contribution in [0.15, 0.2) is 53.4 Å². The van der Waals surface area contributed by atoms with Crippen LogP contribution >= 0.6 is 12.2 Å². The number of anilines is 2. The van der Waals surface area contributed by atoms with Crippen molar-refractivity contribution in [2.24, 2.45) is 5.73 Å². The van der Waals surface area contributed by atoms with Crippen molar-refractivity contribution in [2.75, 3.05) is 11.1 Å². The van der Waals surface area contributed by atoms with Crippen LogP contribution in [0.5, 0.6) is 0 Å². The second kappa shape index (κ2) is 7.64. The van der Waals surface area contributed by atoms with Crippen molar-refractivity contribution in [2.45, 2.75) is 6.54 Å². The number of hydrogen-bond acceptors (Lipinski definition) is 7. The van der Waals surface area contributed by atoms with E-state index < -0.39 is 0 Å². The molecule has 11 heteroatoms. The SMILES string of the molecule is NC(=S)Nc1cnc(-c2cc(-c3ccon3)n(Cc3ccccc3F)n2)nc1N. The number of nitrogens with zero attached hydrogens (tertiary/aromatic N) is 5. The molecule has 5 N–H and O–H groups in total. The lowest BCUT2D eigenvalue weighted by Gasteiger charge is -2.07. The summed E-state index contributed by atoms with van der Waals surface area (Å²) in [7, 11) is 0.